The van der Waals surface area contributed by atoms with Crippen LogP contribution in [-0.4, -0.2) is 32.9 Å². The first-order valence-electron chi connectivity index (χ1n) is 8.47. The third-order valence-electron chi connectivity index (χ3n) is 4.75. The van der Waals surface area contributed by atoms with E-state index in [4.69, 9.17) is 11.6 Å². The molecular formula is C20H19ClN4. The van der Waals surface area contributed by atoms with Crippen molar-refractivity contribution in [3.8, 4) is 11.3 Å². The molecular weight excluding hydrogens is 332 g/mol. The maximum Gasteiger partial charge on any atom is 0.0705 e. The Kier molecular flexibility index (Phi) is 4.72. The van der Waals surface area contributed by atoms with E-state index in [1.165, 1.54) is 5.56 Å². The molecule has 1 unspecified atom stereocenters. The molecule has 1 atom stereocenters. The fraction of sp³-hybridized carbons (Fsp3) is 0.250. The van der Waals surface area contributed by atoms with Crippen LogP contribution in [-0.2, 0) is 6.54 Å². The van der Waals surface area contributed by atoms with E-state index in [0.29, 0.717) is 5.92 Å². The van der Waals surface area contributed by atoms with E-state index in [-0.39, 0.29) is 0 Å². The Morgan fingerprint density at radius 1 is 1.04 bits per heavy atom. The quantitative estimate of drug-likeness (QED) is 0.707. The third kappa shape index (κ3) is 3.70. The number of hydrogen-bond acceptors (Lipinski definition) is 4. The Morgan fingerprint density at radius 3 is 2.72 bits per heavy atom. The van der Waals surface area contributed by atoms with E-state index < -0.39 is 0 Å². The van der Waals surface area contributed by atoms with Crippen LogP contribution in [0.5, 0.6) is 0 Å². The molecule has 0 aromatic carbocycles. The van der Waals surface area contributed by atoms with Crippen molar-refractivity contribution >= 4 is 11.6 Å². The van der Waals surface area contributed by atoms with Gasteiger partial charge in [-0.15, -0.1) is 0 Å². The average molecular weight is 351 g/mol. The van der Waals surface area contributed by atoms with Crippen LogP contribution in [0.25, 0.3) is 11.3 Å². The predicted molar refractivity (Wildman–Crippen MR) is 99.4 cm³/mol. The summed E-state index contributed by atoms with van der Waals surface area (Å²) in [5.41, 5.74) is 4.61. The summed E-state index contributed by atoms with van der Waals surface area (Å²) in [4.78, 5) is 15.1. The second-order valence-corrected chi connectivity index (χ2v) is 6.81. The summed E-state index contributed by atoms with van der Waals surface area (Å²) in [6, 6.07) is 10.3. The zero-order chi connectivity index (χ0) is 17.1. The molecule has 0 radical (unpaired) electrons. The largest absolute Gasteiger partial charge is 0.298 e. The van der Waals surface area contributed by atoms with Gasteiger partial charge in [-0.1, -0.05) is 11.6 Å². The summed E-state index contributed by atoms with van der Waals surface area (Å²) in [5, 5.41) is 0.745. The highest BCUT2D eigenvalue weighted by molar-refractivity contribution is 6.31. The predicted octanol–water partition coefficient (Wildman–Crippen LogP) is 4.18. The summed E-state index contributed by atoms with van der Waals surface area (Å²) >= 11 is 6.24. The first-order valence-corrected chi connectivity index (χ1v) is 8.84. The lowest BCUT2D eigenvalue weighted by Crippen LogP contribution is -2.20. The van der Waals surface area contributed by atoms with Crippen molar-refractivity contribution in [1.82, 2.24) is 19.9 Å². The summed E-state index contributed by atoms with van der Waals surface area (Å²) < 4.78 is 0. The lowest BCUT2D eigenvalue weighted by atomic mass is 9.97. The van der Waals surface area contributed by atoms with Gasteiger partial charge in [-0.3, -0.25) is 19.9 Å². The molecule has 1 fully saturated rings. The van der Waals surface area contributed by atoms with E-state index in [0.717, 1.165) is 47.9 Å². The van der Waals surface area contributed by atoms with Gasteiger partial charge in [0.05, 0.1) is 10.7 Å². The van der Waals surface area contributed by atoms with Crippen molar-refractivity contribution in [2.75, 3.05) is 13.1 Å². The molecule has 3 aromatic heterocycles. The van der Waals surface area contributed by atoms with Gasteiger partial charge in [0.2, 0.25) is 0 Å². The van der Waals surface area contributed by atoms with Gasteiger partial charge in [0, 0.05) is 49.6 Å². The second-order valence-electron chi connectivity index (χ2n) is 6.40. The fourth-order valence-electron chi connectivity index (χ4n) is 3.40. The molecule has 1 aliphatic heterocycles. The Hall–Kier alpha value is -2.30. The van der Waals surface area contributed by atoms with Gasteiger partial charge < -0.3 is 0 Å². The smallest absolute Gasteiger partial charge is 0.0705 e. The normalized spacial score (nSPS) is 17.7. The molecule has 0 bridgehead atoms. The minimum atomic E-state index is 0.532. The van der Waals surface area contributed by atoms with Crippen molar-refractivity contribution in [2.24, 2.45) is 0 Å². The molecule has 0 spiro atoms. The molecule has 5 heteroatoms. The van der Waals surface area contributed by atoms with Crippen LogP contribution in [0.15, 0.2) is 61.3 Å². The molecule has 3 aromatic rings. The molecule has 4 nitrogen and oxygen atoms in total. The minimum Gasteiger partial charge on any atom is -0.298 e. The number of aromatic nitrogens is 3. The van der Waals surface area contributed by atoms with Crippen molar-refractivity contribution < 1.29 is 0 Å². The summed E-state index contributed by atoms with van der Waals surface area (Å²) in [7, 11) is 0. The summed E-state index contributed by atoms with van der Waals surface area (Å²) in [6.45, 7) is 2.99. The van der Waals surface area contributed by atoms with Crippen molar-refractivity contribution in [2.45, 2.75) is 18.9 Å². The van der Waals surface area contributed by atoms with Gasteiger partial charge in [-0.25, -0.2) is 0 Å². The third-order valence-corrected chi connectivity index (χ3v) is 5.09. The maximum atomic E-state index is 6.24. The monoisotopic (exact) mass is 350 g/mol. The number of hydrogen-bond donors (Lipinski definition) is 0. The van der Waals surface area contributed by atoms with Gasteiger partial charge in [-0.2, -0.15) is 0 Å². The van der Waals surface area contributed by atoms with Crippen LogP contribution in [0.1, 0.15) is 23.5 Å². The highest BCUT2D eigenvalue weighted by Crippen LogP contribution is 2.30. The molecule has 126 valence electrons. The van der Waals surface area contributed by atoms with Crippen molar-refractivity contribution in [3.05, 3.63) is 77.5 Å². The molecule has 25 heavy (non-hydrogen) atoms. The molecule has 4 rings (SSSR count). The molecule has 0 saturated carbocycles. The van der Waals surface area contributed by atoms with Crippen LogP contribution < -0.4 is 0 Å². The molecule has 0 aliphatic carbocycles. The van der Waals surface area contributed by atoms with E-state index >= 15 is 0 Å². The van der Waals surface area contributed by atoms with Gasteiger partial charge in [0.1, 0.15) is 0 Å². The maximum absolute atomic E-state index is 6.24. The van der Waals surface area contributed by atoms with E-state index in [9.17, 15) is 0 Å². The topological polar surface area (TPSA) is 41.9 Å². The highest BCUT2D eigenvalue weighted by atomic mass is 35.5. The van der Waals surface area contributed by atoms with Crippen LogP contribution in [0.3, 0.4) is 0 Å². The van der Waals surface area contributed by atoms with Gasteiger partial charge in [0.15, 0.2) is 0 Å². The minimum absolute atomic E-state index is 0.532. The molecule has 1 aliphatic rings. The molecule has 0 N–H and O–H groups in total. The van der Waals surface area contributed by atoms with Gasteiger partial charge >= 0.3 is 0 Å². The lowest BCUT2D eigenvalue weighted by Gasteiger charge is -2.17. The van der Waals surface area contributed by atoms with E-state index in [1.807, 2.05) is 24.4 Å². The number of pyridine rings is 3. The Bertz CT molecular complexity index is 853. The standard InChI is InChI=1S/C20H19ClN4/c21-19-12-23-8-3-18(19)14-25-10-5-17(13-25)16-4-9-24-20(11-16)15-1-6-22-7-2-15/h1-4,6-9,11-12,17H,5,10,13-14H2. The zero-order valence-corrected chi connectivity index (χ0v) is 14.6. The Morgan fingerprint density at radius 2 is 1.88 bits per heavy atom. The summed E-state index contributed by atoms with van der Waals surface area (Å²) in [6.07, 6.45) is 10.2. The number of nitrogens with zero attached hydrogens (tertiary/aromatic N) is 4. The van der Waals surface area contributed by atoms with Gasteiger partial charge in [0.25, 0.3) is 0 Å². The first-order chi connectivity index (χ1) is 12.3. The number of likely N-dealkylation sites (tertiary alicyclic amines) is 1. The second kappa shape index (κ2) is 7.30. The number of rotatable bonds is 4. The molecule has 1 saturated heterocycles. The Labute approximate surface area is 152 Å². The van der Waals surface area contributed by atoms with E-state index in [2.05, 4.69) is 32.0 Å². The molecule has 4 heterocycles. The van der Waals surface area contributed by atoms with Crippen molar-refractivity contribution in [3.63, 3.8) is 0 Å². The van der Waals surface area contributed by atoms with Crippen molar-refractivity contribution in [1.29, 1.82) is 0 Å². The first kappa shape index (κ1) is 16.2. The zero-order valence-electron chi connectivity index (χ0n) is 13.8. The van der Waals surface area contributed by atoms with E-state index in [1.54, 1.807) is 24.8 Å². The van der Waals surface area contributed by atoms with Crippen LogP contribution in [0.4, 0.5) is 0 Å². The lowest BCUT2D eigenvalue weighted by molar-refractivity contribution is 0.327. The number of halogens is 1. The fourth-order valence-corrected chi connectivity index (χ4v) is 3.58. The van der Waals surface area contributed by atoms with Crippen LogP contribution >= 0.6 is 11.6 Å². The highest BCUT2D eigenvalue weighted by Gasteiger charge is 2.24. The SMILES string of the molecule is Clc1cnccc1CN1CCC(c2ccnc(-c3ccncc3)c2)C1. The average Bonchev–Trinajstić information content (AvgIpc) is 3.13. The Balaban J connectivity index is 1.48. The summed E-state index contributed by atoms with van der Waals surface area (Å²) in [5.74, 6) is 0.532. The van der Waals surface area contributed by atoms with Crippen LogP contribution in [0, 0.1) is 0 Å². The van der Waals surface area contributed by atoms with Crippen LogP contribution in [0.2, 0.25) is 5.02 Å². The van der Waals surface area contributed by atoms with Gasteiger partial charge in [-0.05, 0) is 60.3 Å². The molecule has 0 amide bonds.